The minimum atomic E-state index is -2.14. The SMILES string of the molecule is O=C(/C=C/c1ccc(Cl)cc1Cl)OC1(C(=O)O)C[C@@H](O)C(O)[C@H](O)C1. The van der Waals surface area contributed by atoms with Gasteiger partial charge in [-0.15, -0.1) is 0 Å². The molecule has 0 saturated heterocycles. The summed E-state index contributed by atoms with van der Waals surface area (Å²) in [6.45, 7) is 0. The third kappa shape index (κ3) is 4.50. The van der Waals surface area contributed by atoms with E-state index in [-0.39, 0.29) is 5.02 Å². The third-order valence-corrected chi connectivity index (χ3v) is 4.48. The number of aliphatic hydroxyl groups is 3. The van der Waals surface area contributed by atoms with Crippen LogP contribution >= 0.6 is 23.2 Å². The second-order valence-electron chi connectivity index (χ2n) is 5.75. The molecule has 7 nitrogen and oxygen atoms in total. The second kappa shape index (κ2) is 7.72. The molecule has 136 valence electrons. The van der Waals surface area contributed by atoms with Crippen LogP contribution in [0.15, 0.2) is 24.3 Å². The van der Waals surface area contributed by atoms with Crippen molar-refractivity contribution in [3.63, 3.8) is 0 Å². The quantitative estimate of drug-likeness (QED) is 0.450. The van der Waals surface area contributed by atoms with E-state index in [9.17, 15) is 30.0 Å². The van der Waals surface area contributed by atoms with Crippen molar-refractivity contribution in [1.82, 2.24) is 0 Å². The molecule has 1 aromatic carbocycles. The highest BCUT2D eigenvalue weighted by molar-refractivity contribution is 6.35. The number of carboxylic acid groups (broad SMARTS) is 1. The van der Waals surface area contributed by atoms with Crippen molar-refractivity contribution in [3.05, 3.63) is 39.9 Å². The Kier molecular flexibility index (Phi) is 6.08. The molecule has 2 rings (SSSR count). The average Bonchev–Trinajstić information content (AvgIpc) is 2.51. The Morgan fingerprint density at radius 1 is 1.16 bits per heavy atom. The van der Waals surface area contributed by atoms with Crippen LogP contribution in [-0.4, -0.2) is 56.3 Å². The van der Waals surface area contributed by atoms with E-state index in [0.29, 0.717) is 10.6 Å². The molecular weight excluding hydrogens is 375 g/mol. The number of carboxylic acids is 1. The van der Waals surface area contributed by atoms with E-state index in [1.165, 1.54) is 12.1 Å². The van der Waals surface area contributed by atoms with E-state index in [1.54, 1.807) is 12.1 Å². The van der Waals surface area contributed by atoms with Gasteiger partial charge in [-0.1, -0.05) is 29.3 Å². The van der Waals surface area contributed by atoms with Crippen molar-refractivity contribution in [1.29, 1.82) is 0 Å². The smallest absolute Gasteiger partial charge is 0.348 e. The lowest BCUT2D eigenvalue weighted by Crippen LogP contribution is -2.57. The molecule has 0 aliphatic heterocycles. The zero-order chi connectivity index (χ0) is 18.8. The number of carbonyl (C=O) groups is 2. The maximum Gasteiger partial charge on any atom is 0.348 e. The molecule has 1 fully saturated rings. The zero-order valence-electron chi connectivity index (χ0n) is 12.8. The van der Waals surface area contributed by atoms with Gasteiger partial charge in [0.25, 0.3) is 0 Å². The molecule has 4 N–H and O–H groups in total. The molecule has 1 aliphatic rings. The Hall–Kier alpha value is -1.64. The van der Waals surface area contributed by atoms with Gasteiger partial charge in [0.15, 0.2) is 0 Å². The van der Waals surface area contributed by atoms with E-state index in [2.05, 4.69) is 0 Å². The molecule has 0 heterocycles. The first-order chi connectivity index (χ1) is 11.6. The van der Waals surface area contributed by atoms with Crippen molar-refractivity contribution in [2.45, 2.75) is 36.8 Å². The third-order valence-electron chi connectivity index (χ3n) is 3.91. The first-order valence-corrected chi connectivity index (χ1v) is 8.04. The van der Waals surface area contributed by atoms with Crippen LogP contribution in [0.1, 0.15) is 18.4 Å². The van der Waals surface area contributed by atoms with Gasteiger partial charge in [0.2, 0.25) is 5.60 Å². The van der Waals surface area contributed by atoms with Crippen molar-refractivity contribution in [2.75, 3.05) is 0 Å². The Morgan fingerprint density at radius 2 is 1.76 bits per heavy atom. The number of esters is 1. The van der Waals surface area contributed by atoms with Crippen molar-refractivity contribution in [3.8, 4) is 0 Å². The summed E-state index contributed by atoms with van der Waals surface area (Å²) in [4.78, 5) is 23.5. The molecule has 1 aliphatic carbocycles. The van der Waals surface area contributed by atoms with Gasteiger partial charge in [-0.25, -0.2) is 9.59 Å². The number of aliphatic carboxylic acids is 1. The number of halogens is 2. The number of hydrogen-bond acceptors (Lipinski definition) is 6. The summed E-state index contributed by atoms with van der Waals surface area (Å²) >= 11 is 11.7. The monoisotopic (exact) mass is 390 g/mol. The van der Waals surface area contributed by atoms with Crippen LogP contribution in [0.4, 0.5) is 0 Å². The number of aliphatic hydroxyl groups excluding tert-OH is 3. The number of hydrogen-bond donors (Lipinski definition) is 4. The van der Waals surface area contributed by atoms with E-state index in [1.807, 2.05) is 0 Å². The molecule has 1 saturated carbocycles. The van der Waals surface area contributed by atoms with Crippen LogP contribution in [0, 0.1) is 0 Å². The number of ether oxygens (including phenoxy) is 1. The van der Waals surface area contributed by atoms with Gasteiger partial charge in [0.1, 0.15) is 6.10 Å². The van der Waals surface area contributed by atoms with Crippen LogP contribution in [0.5, 0.6) is 0 Å². The molecular formula is C16H16Cl2O7. The highest BCUT2D eigenvalue weighted by atomic mass is 35.5. The summed E-state index contributed by atoms with van der Waals surface area (Å²) in [5, 5.41) is 39.0. The topological polar surface area (TPSA) is 124 Å². The minimum Gasteiger partial charge on any atom is -0.478 e. The molecule has 0 radical (unpaired) electrons. The lowest BCUT2D eigenvalue weighted by molar-refractivity contribution is -0.201. The van der Waals surface area contributed by atoms with E-state index < -0.39 is 48.7 Å². The normalized spacial score (nSPS) is 29.6. The fourth-order valence-corrected chi connectivity index (χ4v) is 3.05. The summed E-state index contributed by atoms with van der Waals surface area (Å²) in [5.41, 5.74) is -1.67. The molecule has 0 aromatic heterocycles. The Balaban J connectivity index is 2.16. The number of benzene rings is 1. The summed E-state index contributed by atoms with van der Waals surface area (Å²) in [5.74, 6) is -2.52. The predicted molar refractivity (Wildman–Crippen MR) is 89.2 cm³/mol. The number of rotatable bonds is 4. The minimum absolute atomic E-state index is 0.288. The summed E-state index contributed by atoms with van der Waals surface area (Å²) in [6, 6.07) is 4.60. The molecule has 0 unspecified atom stereocenters. The standard InChI is InChI=1S/C16H16Cl2O7/c17-9-3-1-8(10(18)5-9)2-4-13(21)25-16(15(23)24)6-11(19)14(22)12(20)7-16/h1-5,11-12,14,19-20,22H,6-7H2,(H,23,24)/b4-2+/t11-,12-,14?,16?/m1/s1. The van der Waals surface area contributed by atoms with E-state index in [4.69, 9.17) is 27.9 Å². The highest BCUT2D eigenvalue weighted by Gasteiger charge is 2.52. The van der Waals surface area contributed by atoms with Crippen LogP contribution < -0.4 is 0 Å². The van der Waals surface area contributed by atoms with Crippen LogP contribution in [0.3, 0.4) is 0 Å². The maximum atomic E-state index is 12.0. The summed E-state index contributed by atoms with van der Waals surface area (Å²) in [7, 11) is 0. The van der Waals surface area contributed by atoms with Gasteiger partial charge in [-0.3, -0.25) is 0 Å². The summed E-state index contributed by atoms with van der Waals surface area (Å²) in [6.07, 6.45) is -3.37. The van der Waals surface area contributed by atoms with Crippen LogP contribution in [-0.2, 0) is 14.3 Å². The zero-order valence-corrected chi connectivity index (χ0v) is 14.3. The average molecular weight is 391 g/mol. The number of carbonyl (C=O) groups excluding carboxylic acids is 1. The van der Waals surface area contributed by atoms with Gasteiger partial charge < -0.3 is 25.2 Å². The van der Waals surface area contributed by atoms with Crippen molar-refractivity contribution < 1.29 is 34.8 Å². The molecule has 0 bridgehead atoms. The molecule has 0 spiro atoms. The van der Waals surface area contributed by atoms with Crippen molar-refractivity contribution in [2.24, 2.45) is 0 Å². The fourth-order valence-electron chi connectivity index (χ4n) is 2.58. The molecule has 0 amide bonds. The lowest BCUT2D eigenvalue weighted by Gasteiger charge is -2.39. The Morgan fingerprint density at radius 3 is 2.28 bits per heavy atom. The van der Waals surface area contributed by atoms with Gasteiger partial charge in [0, 0.05) is 29.0 Å². The van der Waals surface area contributed by atoms with Gasteiger partial charge in [-0.2, -0.15) is 0 Å². The Labute approximate surface area is 153 Å². The molecule has 25 heavy (non-hydrogen) atoms. The largest absolute Gasteiger partial charge is 0.478 e. The molecule has 9 heteroatoms. The van der Waals surface area contributed by atoms with Gasteiger partial charge in [0.05, 0.1) is 12.2 Å². The van der Waals surface area contributed by atoms with Crippen LogP contribution in [0.2, 0.25) is 10.0 Å². The molecule has 1 aromatic rings. The fraction of sp³-hybridized carbons (Fsp3) is 0.375. The highest BCUT2D eigenvalue weighted by Crippen LogP contribution is 2.33. The van der Waals surface area contributed by atoms with Crippen LogP contribution in [0.25, 0.3) is 6.08 Å². The predicted octanol–water partition coefficient (Wildman–Crippen LogP) is 1.25. The van der Waals surface area contributed by atoms with E-state index in [0.717, 1.165) is 6.08 Å². The van der Waals surface area contributed by atoms with Gasteiger partial charge in [-0.05, 0) is 23.8 Å². The Bertz CT molecular complexity index is 692. The second-order valence-corrected chi connectivity index (χ2v) is 6.60. The van der Waals surface area contributed by atoms with Gasteiger partial charge >= 0.3 is 11.9 Å². The lowest BCUT2D eigenvalue weighted by atomic mass is 9.79. The van der Waals surface area contributed by atoms with E-state index >= 15 is 0 Å². The van der Waals surface area contributed by atoms with Crippen molar-refractivity contribution >= 4 is 41.2 Å². The maximum absolute atomic E-state index is 12.0. The molecule has 2 atom stereocenters. The first-order valence-electron chi connectivity index (χ1n) is 7.28. The first kappa shape index (κ1) is 19.7. The summed E-state index contributed by atoms with van der Waals surface area (Å²) < 4.78 is 4.99.